The van der Waals surface area contributed by atoms with Crippen LogP contribution < -0.4 is 0 Å². The van der Waals surface area contributed by atoms with Crippen LogP contribution in [-0.2, 0) is 34.3 Å². The van der Waals surface area contributed by atoms with Crippen molar-refractivity contribution in [3.05, 3.63) is 75.3 Å². The van der Waals surface area contributed by atoms with E-state index in [9.17, 15) is 13.2 Å². The van der Waals surface area contributed by atoms with Crippen molar-refractivity contribution in [2.45, 2.75) is 36.7 Å². The number of hydrogen-bond donors (Lipinski definition) is 0. The molecule has 0 unspecified atom stereocenters. The van der Waals surface area contributed by atoms with E-state index in [4.69, 9.17) is 0 Å². The second kappa shape index (κ2) is 8.39. The Morgan fingerprint density at radius 3 is 2.45 bits per heavy atom. The van der Waals surface area contributed by atoms with Gasteiger partial charge in [-0.3, -0.25) is 4.79 Å². The summed E-state index contributed by atoms with van der Waals surface area (Å²) in [5.41, 5.74) is 1.99. The number of likely N-dealkylation sites (N-methyl/N-ethyl adjacent to an activating group) is 1. The van der Waals surface area contributed by atoms with E-state index < -0.39 is 16.1 Å². The van der Waals surface area contributed by atoms with Gasteiger partial charge in [0.1, 0.15) is 10.3 Å². The molecule has 8 heteroatoms. The van der Waals surface area contributed by atoms with E-state index in [2.05, 4.69) is 0 Å². The van der Waals surface area contributed by atoms with Crippen molar-refractivity contribution in [1.82, 2.24) is 9.21 Å². The van der Waals surface area contributed by atoms with Crippen LogP contribution in [0.25, 0.3) is 0 Å². The Kier molecular flexibility index (Phi) is 5.87. The molecule has 1 aliphatic heterocycles. The average Bonchev–Trinajstić information content (AvgIpc) is 3.45. The number of carbonyl (C=O) groups excluding carboxylic acids is 1. The van der Waals surface area contributed by atoms with Crippen molar-refractivity contribution in [1.29, 1.82) is 0 Å². The highest BCUT2D eigenvalue weighted by atomic mass is 32.2. The van der Waals surface area contributed by atoms with Gasteiger partial charge in [0.15, 0.2) is 0 Å². The lowest BCUT2D eigenvalue weighted by Gasteiger charge is -2.37. The van der Waals surface area contributed by atoms with Gasteiger partial charge in [-0.2, -0.15) is 4.31 Å². The highest BCUT2D eigenvalue weighted by molar-refractivity contribution is 7.91. The number of hydrogen-bond acceptors (Lipinski definition) is 5. The quantitative estimate of drug-likeness (QED) is 0.576. The van der Waals surface area contributed by atoms with Crippen LogP contribution in [0.4, 0.5) is 0 Å². The third-order valence-electron chi connectivity index (χ3n) is 5.17. The molecule has 0 N–H and O–H groups in total. The van der Waals surface area contributed by atoms with Gasteiger partial charge in [-0.25, -0.2) is 8.42 Å². The molecule has 0 aliphatic carbocycles. The lowest BCUT2D eigenvalue weighted by atomic mass is 9.95. The predicted molar refractivity (Wildman–Crippen MR) is 116 cm³/mol. The van der Waals surface area contributed by atoms with Gasteiger partial charge < -0.3 is 4.90 Å². The van der Waals surface area contributed by atoms with E-state index in [1.54, 1.807) is 33.7 Å². The normalized spacial score (nSPS) is 17.1. The SMILES string of the molecule is CCN(Cc1cccs1)C(=O)[C@@H]1Cc2ccccc2CN1S(=O)(=O)c1cccs1. The molecule has 0 fully saturated rings. The fraction of sp³-hybridized carbons (Fsp3) is 0.286. The molecule has 4 rings (SSSR count). The summed E-state index contributed by atoms with van der Waals surface area (Å²) < 4.78 is 28.4. The minimum atomic E-state index is -3.75. The van der Waals surface area contributed by atoms with Gasteiger partial charge in [-0.15, -0.1) is 22.7 Å². The van der Waals surface area contributed by atoms with E-state index in [1.807, 2.05) is 48.7 Å². The third-order valence-corrected chi connectivity index (χ3v) is 9.26. The van der Waals surface area contributed by atoms with E-state index in [0.717, 1.165) is 16.0 Å². The van der Waals surface area contributed by atoms with Crippen LogP contribution in [0.1, 0.15) is 22.9 Å². The summed E-state index contributed by atoms with van der Waals surface area (Å²) in [6, 6.07) is 14.3. The Morgan fingerprint density at radius 1 is 1.07 bits per heavy atom. The van der Waals surface area contributed by atoms with Gasteiger partial charge >= 0.3 is 0 Å². The molecule has 1 aliphatic rings. The number of amides is 1. The zero-order valence-corrected chi connectivity index (χ0v) is 18.5. The third kappa shape index (κ3) is 4.02. The van der Waals surface area contributed by atoms with Crippen molar-refractivity contribution >= 4 is 38.6 Å². The first-order valence-corrected chi connectivity index (χ1v) is 12.6. The number of fused-ring (bicyclic) bond motifs is 1. The molecule has 0 radical (unpaired) electrons. The second-order valence-corrected chi connectivity index (χ2v) is 11.0. The Bertz CT molecular complexity index is 1080. The van der Waals surface area contributed by atoms with Gasteiger partial charge in [0.2, 0.25) is 5.91 Å². The summed E-state index contributed by atoms with van der Waals surface area (Å²) in [5.74, 6) is -0.143. The molecule has 0 spiro atoms. The van der Waals surface area contributed by atoms with E-state index in [1.165, 1.54) is 15.6 Å². The van der Waals surface area contributed by atoms with Crippen molar-refractivity contribution in [2.75, 3.05) is 6.54 Å². The topological polar surface area (TPSA) is 57.7 Å². The van der Waals surface area contributed by atoms with E-state index >= 15 is 0 Å². The van der Waals surface area contributed by atoms with Crippen molar-refractivity contribution in [3.63, 3.8) is 0 Å². The Balaban J connectivity index is 1.70. The van der Waals surface area contributed by atoms with Crippen LogP contribution in [-0.4, -0.2) is 36.1 Å². The molecule has 1 aromatic carbocycles. The van der Waals surface area contributed by atoms with Crippen LogP contribution in [0.2, 0.25) is 0 Å². The van der Waals surface area contributed by atoms with Gasteiger partial charge in [0.25, 0.3) is 10.0 Å². The van der Waals surface area contributed by atoms with Crippen LogP contribution in [0.15, 0.2) is 63.5 Å². The average molecular weight is 447 g/mol. The van der Waals surface area contributed by atoms with Crippen molar-refractivity contribution in [3.8, 4) is 0 Å². The number of rotatable bonds is 6. The van der Waals surface area contributed by atoms with Crippen LogP contribution in [0.3, 0.4) is 0 Å². The fourth-order valence-electron chi connectivity index (χ4n) is 3.63. The van der Waals surface area contributed by atoms with Crippen LogP contribution in [0.5, 0.6) is 0 Å². The second-order valence-electron chi connectivity index (χ2n) is 6.90. The van der Waals surface area contributed by atoms with Gasteiger partial charge in [0, 0.05) is 18.0 Å². The Labute approximate surface area is 179 Å². The minimum Gasteiger partial charge on any atom is -0.336 e. The summed E-state index contributed by atoms with van der Waals surface area (Å²) in [7, 11) is -3.75. The van der Waals surface area contributed by atoms with Gasteiger partial charge in [-0.1, -0.05) is 36.4 Å². The van der Waals surface area contributed by atoms with Crippen LogP contribution in [0, 0.1) is 0 Å². The smallest absolute Gasteiger partial charge is 0.253 e. The summed E-state index contributed by atoms with van der Waals surface area (Å²) in [6.07, 6.45) is 0.389. The van der Waals surface area contributed by atoms with E-state index in [0.29, 0.717) is 19.5 Å². The molecular formula is C21H22N2O3S3. The first kappa shape index (κ1) is 20.3. The molecule has 0 saturated heterocycles. The highest BCUT2D eigenvalue weighted by Crippen LogP contribution is 2.32. The van der Waals surface area contributed by atoms with Crippen LogP contribution >= 0.6 is 22.7 Å². The van der Waals surface area contributed by atoms with E-state index in [-0.39, 0.29) is 16.7 Å². The monoisotopic (exact) mass is 446 g/mol. The number of thiophene rings is 2. The first-order chi connectivity index (χ1) is 14.0. The molecule has 1 amide bonds. The lowest BCUT2D eigenvalue weighted by Crippen LogP contribution is -2.53. The molecule has 29 heavy (non-hydrogen) atoms. The van der Waals surface area contributed by atoms with Crippen molar-refractivity contribution < 1.29 is 13.2 Å². The summed E-state index contributed by atoms with van der Waals surface area (Å²) in [5, 5.41) is 3.73. The maximum absolute atomic E-state index is 13.5. The fourth-order valence-corrected chi connectivity index (χ4v) is 7.03. The van der Waals surface area contributed by atoms with Gasteiger partial charge in [-0.05, 0) is 47.4 Å². The number of nitrogens with zero attached hydrogens (tertiary/aromatic N) is 2. The molecular weight excluding hydrogens is 424 g/mol. The number of sulfonamides is 1. The lowest BCUT2D eigenvalue weighted by molar-refractivity contribution is -0.136. The molecule has 152 valence electrons. The van der Waals surface area contributed by atoms with Gasteiger partial charge in [0.05, 0.1) is 6.54 Å². The molecule has 3 heterocycles. The minimum absolute atomic E-state index is 0.143. The molecule has 2 aromatic heterocycles. The highest BCUT2D eigenvalue weighted by Gasteiger charge is 2.41. The summed E-state index contributed by atoms with van der Waals surface area (Å²) in [4.78, 5) is 16.4. The first-order valence-electron chi connectivity index (χ1n) is 9.44. The molecule has 0 bridgehead atoms. The largest absolute Gasteiger partial charge is 0.336 e. The molecule has 5 nitrogen and oxygen atoms in total. The maximum Gasteiger partial charge on any atom is 0.253 e. The molecule has 1 atom stereocenters. The number of benzene rings is 1. The maximum atomic E-state index is 13.5. The standard InChI is InChI=1S/C21H22N2O3S3/c1-2-22(15-18-9-5-11-27-18)21(24)19-13-16-7-3-4-8-17(16)14-23(19)29(25,26)20-10-6-12-28-20/h3-12,19H,2,13-15H2,1H3/t19-/m0/s1. The zero-order valence-electron chi connectivity index (χ0n) is 16.0. The Morgan fingerprint density at radius 2 is 1.79 bits per heavy atom. The Hall–Kier alpha value is -2.00. The summed E-state index contributed by atoms with van der Waals surface area (Å²) in [6.45, 7) is 3.17. The number of carbonyl (C=O) groups is 1. The molecule has 3 aromatic rings. The predicted octanol–water partition coefficient (Wildman–Crippen LogP) is 3.97. The van der Waals surface area contributed by atoms with Crippen molar-refractivity contribution in [2.24, 2.45) is 0 Å². The molecule has 0 saturated carbocycles. The summed E-state index contributed by atoms with van der Waals surface area (Å²) >= 11 is 2.78. The zero-order chi connectivity index (χ0) is 20.4.